The van der Waals surface area contributed by atoms with Crippen LogP contribution in [-0.2, 0) is 4.74 Å². The third-order valence-corrected chi connectivity index (χ3v) is 6.21. The lowest BCUT2D eigenvalue weighted by Crippen LogP contribution is -2.50. The van der Waals surface area contributed by atoms with Crippen LogP contribution in [0.2, 0.25) is 5.02 Å². The Bertz CT molecular complexity index is 1140. The molecule has 0 N–H and O–H groups in total. The molecule has 3 heterocycles. The number of carbonyl (C=O) groups excluding carboxylic acids is 2. The second kappa shape index (κ2) is 9.51. The van der Waals surface area contributed by atoms with E-state index < -0.39 is 5.60 Å². The van der Waals surface area contributed by atoms with Crippen LogP contribution in [0.3, 0.4) is 0 Å². The van der Waals surface area contributed by atoms with Crippen molar-refractivity contribution in [1.29, 1.82) is 5.26 Å². The van der Waals surface area contributed by atoms with Crippen LogP contribution in [0, 0.1) is 11.3 Å². The first-order valence-electron chi connectivity index (χ1n) is 11.4. The number of pyridine rings is 1. The molecule has 34 heavy (non-hydrogen) atoms. The number of carbonyl (C=O) groups is 2. The molecule has 1 aromatic heterocycles. The predicted molar refractivity (Wildman–Crippen MR) is 130 cm³/mol. The molecule has 9 heteroatoms. The second-order valence-electron chi connectivity index (χ2n) is 9.50. The summed E-state index contributed by atoms with van der Waals surface area (Å²) >= 11 is 6.42. The summed E-state index contributed by atoms with van der Waals surface area (Å²) < 4.78 is 5.45. The molecule has 2 aliphatic heterocycles. The van der Waals surface area contributed by atoms with E-state index in [0.717, 1.165) is 30.6 Å². The fourth-order valence-corrected chi connectivity index (χ4v) is 4.20. The van der Waals surface area contributed by atoms with E-state index in [9.17, 15) is 14.9 Å². The van der Waals surface area contributed by atoms with E-state index in [0.29, 0.717) is 48.1 Å². The number of amides is 2. The van der Waals surface area contributed by atoms with E-state index in [-0.39, 0.29) is 12.0 Å². The first-order chi connectivity index (χ1) is 16.2. The minimum atomic E-state index is -0.539. The third kappa shape index (κ3) is 5.10. The Morgan fingerprint density at radius 2 is 1.74 bits per heavy atom. The van der Waals surface area contributed by atoms with Crippen LogP contribution in [0.25, 0.3) is 11.1 Å². The molecule has 8 nitrogen and oxygen atoms in total. The lowest BCUT2D eigenvalue weighted by atomic mass is 10.0. The highest BCUT2D eigenvalue weighted by atomic mass is 35.5. The van der Waals surface area contributed by atoms with Crippen LogP contribution in [-0.4, -0.2) is 71.7 Å². The van der Waals surface area contributed by atoms with E-state index in [1.165, 1.54) is 0 Å². The van der Waals surface area contributed by atoms with E-state index >= 15 is 0 Å². The maximum absolute atomic E-state index is 12.5. The van der Waals surface area contributed by atoms with Crippen molar-refractivity contribution in [3.05, 3.63) is 46.6 Å². The average Bonchev–Trinajstić information content (AvgIpc) is 2.76. The number of hydrogen-bond acceptors (Lipinski definition) is 6. The minimum Gasteiger partial charge on any atom is -0.444 e. The van der Waals surface area contributed by atoms with E-state index in [1.807, 2.05) is 31.7 Å². The first kappa shape index (κ1) is 23.8. The van der Waals surface area contributed by atoms with Crippen LogP contribution in [0.1, 0.15) is 43.1 Å². The molecule has 4 rings (SSSR count). The molecule has 0 aliphatic carbocycles. The van der Waals surface area contributed by atoms with Crippen LogP contribution in [0.15, 0.2) is 30.5 Å². The van der Waals surface area contributed by atoms with E-state index in [2.05, 4.69) is 11.1 Å². The summed E-state index contributed by atoms with van der Waals surface area (Å²) in [6, 6.07) is 9.32. The lowest BCUT2D eigenvalue weighted by Gasteiger charge is -2.36. The van der Waals surface area contributed by atoms with Gasteiger partial charge in [0.2, 0.25) is 0 Å². The number of benzene rings is 1. The predicted octanol–water partition coefficient (Wildman–Crippen LogP) is 4.18. The normalized spacial score (nSPS) is 16.0. The largest absolute Gasteiger partial charge is 0.444 e. The zero-order valence-electron chi connectivity index (χ0n) is 19.7. The number of likely N-dealkylation sites (tertiary alicyclic amines) is 1. The van der Waals surface area contributed by atoms with E-state index in [4.69, 9.17) is 16.3 Å². The highest BCUT2D eigenvalue weighted by Gasteiger charge is 2.28. The molecule has 2 amide bonds. The number of halogens is 1. The fourth-order valence-electron chi connectivity index (χ4n) is 3.93. The van der Waals surface area contributed by atoms with Gasteiger partial charge in [-0.3, -0.25) is 4.79 Å². The summed E-state index contributed by atoms with van der Waals surface area (Å²) in [5.41, 5.74) is 1.93. The lowest BCUT2D eigenvalue weighted by molar-refractivity contribution is 0.0240. The molecule has 0 spiro atoms. The number of hydrogen-bond donors (Lipinski definition) is 0. The van der Waals surface area contributed by atoms with Gasteiger partial charge in [-0.05, 0) is 51.0 Å². The summed E-state index contributed by atoms with van der Waals surface area (Å²) in [5.74, 6) is 0.533. The van der Waals surface area contributed by atoms with Gasteiger partial charge in [-0.2, -0.15) is 5.26 Å². The first-order valence-corrected chi connectivity index (χ1v) is 11.8. The van der Waals surface area contributed by atoms with Gasteiger partial charge < -0.3 is 19.4 Å². The summed E-state index contributed by atoms with van der Waals surface area (Å²) in [7, 11) is 0. The molecule has 0 radical (unpaired) electrons. The highest BCUT2D eigenvalue weighted by Crippen LogP contribution is 2.30. The average molecular weight is 482 g/mol. The molecular weight excluding hydrogens is 454 g/mol. The fraction of sp³-hybridized carbons (Fsp3) is 0.440. The highest BCUT2D eigenvalue weighted by molar-refractivity contribution is 6.34. The SMILES string of the molecule is CC(C)(C)OC(=O)N1CCN(c2ncc(-c3ccc(C(=O)N4CCC4)c(Cl)c3)cc2C#N)CC1. The number of nitrogens with zero attached hydrogens (tertiary/aromatic N) is 5. The quantitative estimate of drug-likeness (QED) is 0.653. The number of nitriles is 1. The molecule has 0 unspecified atom stereocenters. The van der Waals surface area contributed by atoms with Gasteiger partial charge in [0.1, 0.15) is 17.5 Å². The van der Waals surface area contributed by atoms with Gasteiger partial charge in [-0.15, -0.1) is 0 Å². The maximum atomic E-state index is 12.5. The zero-order chi connectivity index (χ0) is 24.5. The molecule has 2 fully saturated rings. The van der Waals surface area contributed by atoms with Gasteiger partial charge in [0.25, 0.3) is 5.91 Å². The monoisotopic (exact) mass is 481 g/mol. The number of anilines is 1. The zero-order valence-corrected chi connectivity index (χ0v) is 20.4. The molecule has 2 aromatic rings. The number of piperazine rings is 1. The van der Waals surface area contributed by atoms with Gasteiger partial charge in [-0.1, -0.05) is 17.7 Å². The van der Waals surface area contributed by atoms with Crippen molar-refractivity contribution < 1.29 is 14.3 Å². The molecule has 0 atom stereocenters. The Labute approximate surface area is 204 Å². The van der Waals surface area contributed by atoms with Crippen LogP contribution in [0.5, 0.6) is 0 Å². The minimum absolute atomic E-state index is 0.0560. The number of rotatable bonds is 3. The standard InChI is InChI=1S/C25H28ClN5O3/c1-25(2,3)34-24(33)31-11-9-29(10-12-31)22-18(15-27)13-19(16-28-22)17-5-6-20(21(26)14-17)23(32)30-7-4-8-30/h5-6,13-14,16H,4,7-12H2,1-3H3. The van der Waals surface area contributed by atoms with Crippen molar-refractivity contribution >= 4 is 29.4 Å². The van der Waals surface area contributed by atoms with E-state index in [1.54, 1.807) is 34.2 Å². The van der Waals surface area contributed by atoms with Gasteiger partial charge in [-0.25, -0.2) is 9.78 Å². The number of ether oxygens (including phenoxy) is 1. The van der Waals surface area contributed by atoms with Crippen molar-refractivity contribution in [1.82, 2.24) is 14.8 Å². The molecule has 1 aromatic carbocycles. The summed E-state index contributed by atoms with van der Waals surface area (Å²) in [6.45, 7) is 9.15. The van der Waals surface area contributed by atoms with Gasteiger partial charge in [0, 0.05) is 51.0 Å². The smallest absolute Gasteiger partial charge is 0.410 e. The van der Waals surface area contributed by atoms with Crippen LogP contribution >= 0.6 is 11.6 Å². The van der Waals surface area contributed by atoms with Crippen LogP contribution in [0.4, 0.5) is 10.6 Å². The van der Waals surface area contributed by atoms with Gasteiger partial charge in [0.05, 0.1) is 16.1 Å². The van der Waals surface area contributed by atoms with Gasteiger partial charge in [0.15, 0.2) is 0 Å². The number of aromatic nitrogens is 1. The molecule has 178 valence electrons. The Balaban J connectivity index is 1.47. The van der Waals surface area contributed by atoms with Crippen molar-refractivity contribution in [2.75, 3.05) is 44.2 Å². The summed E-state index contributed by atoms with van der Waals surface area (Å²) in [4.78, 5) is 34.8. The second-order valence-corrected chi connectivity index (χ2v) is 9.91. The maximum Gasteiger partial charge on any atom is 0.410 e. The van der Waals surface area contributed by atoms with Crippen LogP contribution < -0.4 is 4.90 Å². The van der Waals surface area contributed by atoms with Gasteiger partial charge >= 0.3 is 6.09 Å². The van der Waals surface area contributed by atoms with Crippen molar-refractivity contribution in [3.63, 3.8) is 0 Å². The molecular formula is C25H28ClN5O3. The van der Waals surface area contributed by atoms with Crippen molar-refractivity contribution in [2.24, 2.45) is 0 Å². The molecule has 2 saturated heterocycles. The summed E-state index contributed by atoms with van der Waals surface area (Å²) in [5, 5.41) is 10.2. The Morgan fingerprint density at radius 3 is 2.29 bits per heavy atom. The molecule has 2 aliphatic rings. The van der Waals surface area contributed by atoms with Crippen molar-refractivity contribution in [2.45, 2.75) is 32.8 Å². The molecule has 0 saturated carbocycles. The Hall–Kier alpha value is -3.31. The van der Waals surface area contributed by atoms with Crippen molar-refractivity contribution in [3.8, 4) is 17.2 Å². The topological polar surface area (TPSA) is 89.8 Å². The Kier molecular flexibility index (Phi) is 6.67. The third-order valence-electron chi connectivity index (χ3n) is 5.89. The Morgan fingerprint density at radius 1 is 1.03 bits per heavy atom. The summed E-state index contributed by atoms with van der Waals surface area (Å²) in [6.07, 6.45) is 2.40. The molecule has 0 bridgehead atoms.